The van der Waals surface area contributed by atoms with E-state index in [2.05, 4.69) is 0 Å². The fourth-order valence-corrected chi connectivity index (χ4v) is 2.03. The largest absolute Gasteiger partial charge is 0.496 e. The maximum atomic E-state index is 11.6. The minimum Gasteiger partial charge on any atom is -0.496 e. The molecule has 18 heavy (non-hydrogen) atoms. The normalized spacial score (nSPS) is 10.3. The fraction of sp³-hybridized carbons (Fsp3) is 0.143. The Morgan fingerprint density at radius 3 is 2.39 bits per heavy atom. The molecule has 0 amide bonds. The molecule has 4 heteroatoms. The smallest absolute Gasteiger partial charge is 0.336 e. The van der Waals surface area contributed by atoms with Gasteiger partial charge in [-0.05, 0) is 19.1 Å². The summed E-state index contributed by atoms with van der Waals surface area (Å²) in [5.41, 5.74) is 0.500. The van der Waals surface area contributed by atoms with Gasteiger partial charge in [-0.15, -0.1) is 0 Å². The number of carboxylic acids is 1. The molecule has 0 aliphatic heterocycles. The van der Waals surface area contributed by atoms with Gasteiger partial charge in [-0.2, -0.15) is 0 Å². The zero-order valence-corrected chi connectivity index (χ0v) is 10.1. The van der Waals surface area contributed by atoms with Gasteiger partial charge in [0.1, 0.15) is 5.75 Å². The first-order valence-electron chi connectivity index (χ1n) is 5.40. The van der Waals surface area contributed by atoms with Gasteiger partial charge in [0.2, 0.25) is 0 Å². The number of hydrogen-bond donors (Lipinski definition) is 1. The lowest BCUT2D eigenvalue weighted by Gasteiger charge is -2.10. The highest BCUT2D eigenvalue weighted by Gasteiger charge is 2.16. The number of benzene rings is 2. The monoisotopic (exact) mass is 244 g/mol. The Bertz CT molecular complexity index is 623. The van der Waals surface area contributed by atoms with Crippen molar-refractivity contribution in [2.75, 3.05) is 7.11 Å². The van der Waals surface area contributed by atoms with E-state index in [1.54, 1.807) is 24.3 Å². The van der Waals surface area contributed by atoms with Crippen molar-refractivity contribution in [2.45, 2.75) is 6.92 Å². The van der Waals surface area contributed by atoms with Crippen LogP contribution in [0.25, 0.3) is 10.8 Å². The number of aromatic carboxylic acids is 1. The summed E-state index contributed by atoms with van der Waals surface area (Å²) in [5.74, 6) is -0.675. The molecule has 0 aliphatic rings. The molecule has 0 fully saturated rings. The number of fused-ring (bicyclic) bond motifs is 1. The Balaban J connectivity index is 2.96. The van der Waals surface area contributed by atoms with Crippen molar-refractivity contribution in [1.29, 1.82) is 0 Å². The molecule has 0 atom stereocenters. The number of carbonyl (C=O) groups excluding carboxylic acids is 1. The first kappa shape index (κ1) is 12.1. The molecule has 0 radical (unpaired) electrons. The minimum atomic E-state index is -1.06. The van der Waals surface area contributed by atoms with Crippen molar-refractivity contribution in [3.63, 3.8) is 0 Å². The Morgan fingerprint density at radius 1 is 1.11 bits per heavy atom. The standard InChI is InChI=1S/C14H12O4/c1-8(15)9-4-3-5-10-12(18-2)7-6-11(13(9)10)14(16)17/h3-7H,1-2H3,(H,16,17). The number of carbonyl (C=O) groups is 2. The van der Waals surface area contributed by atoms with Crippen molar-refractivity contribution in [3.05, 3.63) is 41.5 Å². The quantitative estimate of drug-likeness (QED) is 0.843. The van der Waals surface area contributed by atoms with E-state index in [4.69, 9.17) is 4.74 Å². The van der Waals surface area contributed by atoms with Crippen LogP contribution in [0.4, 0.5) is 0 Å². The first-order valence-corrected chi connectivity index (χ1v) is 5.40. The number of ketones is 1. The number of hydrogen-bond acceptors (Lipinski definition) is 3. The van der Waals surface area contributed by atoms with Gasteiger partial charge < -0.3 is 9.84 Å². The molecule has 2 aromatic carbocycles. The van der Waals surface area contributed by atoms with E-state index in [9.17, 15) is 14.7 Å². The molecule has 2 rings (SSSR count). The highest BCUT2D eigenvalue weighted by Crippen LogP contribution is 2.31. The van der Waals surface area contributed by atoms with E-state index in [0.717, 1.165) is 0 Å². The highest BCUT2D eigenvalue weighted by molar-refractivity contribution is 6.15. The zero-order valence-electron chi connectivity index (χ0n) is 10.1. The third kappa shape index (κ3) is 1.82. The summed E-state index contributed by atoms with van der Waals surface area (Å²) in [5, 5.41) is 10.3. The molecule has 0 heterocycles. The molecule has 0 spiro atoms. The van der Waals surface area contributed by atoms with Gasteiger partial charge >= 0.3 is 5.97 Å². The number of ether oxygens (including phenoxy) is 1. The van der Waals surface area contributed by atoms with E-state index in [0.29, 0.717) is 22.1 Å². The molecule has 0 saturated heterocycles. The van der Waals surface area contributed by atoms with E-state index in [-0.39, 0.29) is 11.3 Å². The van der Waals surface area contributed by atoms with Crippen molar-refractivity contribution in [1.82, 2.24) is 0 Å². The van der Waals surface area contributed by atoms with Crippen LogP contribution in [0.15, 0.2) is 30.3 Å². The van der Waals surface area contributed by atoms with E-state index in [1.165, 1.54) is 20.1 Å². The topological polar surface area (TPSA) is 63.6 Å². The molecule has 0 unspecified atom stereocenters. The Morgan fingerprint density at radius 2 is 1.83 bits per heavy atom. The summed E-state index contributed by atoms with van der Waals surface area (Å²) >= 11 is 0. The average Bonchev–Trinajstić information content (AvgIpc) is 2.36. The summed E-state index contributed by atoms with van der Waals surface area (Å²) in [4.78, 5) is 22.8. The summed E-state index contributed by atoms with van der Waals surface area (Å²) in [6, 6.07) is 8.13. The number of rotatable bonds is 3. The van der Waals surface area contributed by atoms with Crippen LogP contribution < -0.4 is 4.74 Å². The van der Waals surface area contributed by atoms with E-state index >= 15 is 0 Å². The average molecular weight is 244 g/mol. The van der Waals surface area contributed by atoms with Gasteiger partial charge in [0.25, 0.3) is 0 Å². The van der Waals surface area contributed by atoms with Crippen molar-refractivity contribution in [2.24, 2.45) is 0 Å². The molecule has 92 valence electrons. The predicted octanol–water partition coefficient (Wildman–Crippen LogP) is 2.75. The number of methoxy groups -OCH3 is 1. The summed E-state index contributed by atoms with van der Waals surface area (Å²) in [6.07, 6.45) is 0. The van der Waals surface area contributed by atoms with Crippen LogP contribution in [0.5, 0.6) is 5.75 Å². The molecule has 0 aromatic heterocycles. The highest BCUT2D eigenvalue weighted by atomic mass is 16.5. The summed E-state index contributed by atoms with van der Waals surface area (Å²) < 4.78 is 5.19. The predicted molar refractivity (Wildman–Crippen MR) is 67.5 cm³/mol. The lowest BCUT2D eigenvalue weighted by atomic mass is 9.96. The Kier molecular flexibility index (Phi) is 3.02. The van der Waals surface area contributed by atoms with E-state index < -0.39 is 5.97 Å². The van der Waals surface area contributed by atoms with Crippen LogP contribution in [0.2, 0.25) is 0 Å². The van der Waals surface area contributed by atoms with Crippen LogP contribution in [-0.4, -0.2) is 24.0 Å². The van der Waals surface area contributed by atoms with Gasteiger partial charge in [-0.1, -0.05) is 18.2 Å². The van der Waals surface area contributed by atoms with Crippen LogP contribution in [0.3, 0.4) is 0 Å². The molecular formula is C14H12O4. The van der Waals surface area contributed by atoms with Crippen LogP contribution >= 0.6 is 0 Å². The number of carboxylic acid groups (broad SMARTS) is 1. The fourth-order valence-electron chi connectivity index (χ4n) is 2.03. The molecular weight excluding hydrogens is 232 g/mol. The lowest BCUT2D eigenvalue weighted by molar-refractivity contribution is 0.0699. The third-order valence-electron chi connectivity index (χ3n) is 2.83. The SMILES string of the molecule is COc1ccc(C(=O)O)c2c(C(C)=O)cccc12. The molecule has 1 N–H and O–H groups in total. The molecule has 2 aromatic rings. The Labute approximate surface area is 104 Å². The molecule has 4 nitrogen and oxygen atoms in total. The van der Waals surface area contributed by atoms with Crippen LogP contribution in [-0.2, 0) is 0 Å². The molecule has 0 saturated carbocycles. The van der Waals surface area contributed by atoms with Gasteiger partial charge in [-0.25, -0.2) is 4.79 Å². The van der Waals surface area contributed by atoms with Crippen molar-refractivity contribution < 1.29 is 19.4 Å². The summed E-state index contributed by atoms with van der Waals surface area (Å²) in [7, 11) is 1.51. The lowest BCUT2D eigenvalue weighted by Crippen LogP contribution is -2.03. The first-order chi connectivity index (χ1) is 8.56. The van der Waals surface area contributed by atoms with Gasteiger partial charge in [0.15, 0.2) is 5.78 Å². The van der Waals surface area contributed by atoms with Crippen LogP contribution in [0, 0.1) is 0 Å². The van der Waals surface area contributed by atoms with Crippen LogP contribution in [0.1, 0.15) is 27.6 Å². The second-order valence-corrected chi connectivity index (χ2v) is 3.90. The Hall–Kier alpha value is -2.36. The zero-order chi connectivity index (χ0) is 13.3. The van der Waals surface area contributed by atoms with Crippen molar-refractivity contribution in [3.8, 4) is 5.75 Å². The van der Waals surface area contributed by atoms with Gasteiger partial charge in [0, 0.05) is 16.3 Å². The maximum Gasteiger partial charge on any atom is 0.336 e. The third-order valence-corrected chi connectivity index (χ3v) is 2.83. The number of Topliss-reactive ketones (excluding diaryl/α,β-unsaturated/α-hetero) is 1. The molecule has 0 bridgehead atoms. The summed E-state index contributed by atoms with van der Waals surface area (Å²) in [6.45, 7) is 1.42. The minimum absolute atomic E-state index is 0.108. The molecule has 0 aliphatic carbocycles. The van der Waals surface area contributed by atoms with Gasteiger partial charge in [0.05, 0.1) is 12.7 Å². The second-order valence-electron chi connectivity index (χ2n) is 3.90. The van der Waals surface area contributed by atoms with Gasteiger partial charge in [-0.3, -0.25) is 4.79 Å². The van der Waals surface area contributed by atoms with E-state index in [1.807, 2.05) is 0 Å². The second kappa shape index (κ2) is 4.49. The van der Waals surface area contributed by atoms with Crippen molar-refractivity contribution >= 4 is 22.5 Å². The maximum absolute atomic E-state index is 11.6.